The van der Waals surface area contributed by atoms with Crippen LogP contribution >= 0.6 is 24.4 Å². The molecule has 6 nitrogen and oxygen atoms in total. The van der Waals surface area contributed by atoms with Crippen molar-refractivity contribution in [1.29, 1.82) is 0 Å². The van der Waals surface area contributed by atoms with E-state index in [0.717, 1.165) is 32.0 Å². The van der Waals surface area contributed by atoms with Gasteiger partial charge in [-0.2, -0.15) is 0 Å². The van der Waals surface area contributed by atoms with Gasteiger partial charge >= 0.3 is 0 Å². The monoisotopic (exact) mass is 382 g/mol. The lowest BCUT2D eigenvalue weighted by Crippen LogP contribution is -2.39. The smallest absolute Gasteiger partial charge is 0.182 e. The molecule has 0 unspecified atom stereocenters. The highest BCUT2D eigenvalue weighted by Gasteiger charge is 2.05. The van der Waals surface area contributed by atoms with Crippen molar-refractivity contribution < 1.29 is 0 Å². The van der Waals surface area contributed by atoms with Gasteiger partial charge < -0.3 is 22.3 Å². The van der Waals surface area contributed by atoms with Crippen molar-refractivity contribution in [2.75, 3.05) is 0 Å². The third kappa shape index (κ3) is 3.76. The van der Waals surface area contributed by atoms with Gasteiger partial charge in [0.2, 0.25) is 0 Å². The third-order valence-electron chi connectivity index (χ3n) is 3.84. The van der Waals surface area contributed by atoms with Crippen LogP contribution in [0.25, 0.3) is 33.9 Å². The molecule has 0 radical (unpaired) electrons. The maximum absolute atomic E-state index is 5.48. The largest absolute Gasteiger partial charge is 0.375 e. The Hall–Kier alpha value is -3.10. The first-order valence-corrected chi connectivity index (χ1v) is 8.61. The van der Waals surface area contributed by atoms with E-state index in [4.69, 9.17) is 35.9 Å². The zero-order chi connectivity index (χ0) is 18.5. The van der Waals surface area contributed by atoms with Crippen molar-refractivity contribution in [3.8, 4) is 0 Å². The van der Waals surface area contributed by atoms with E-state index in [-0.39, 0.29) is 10.2 Å². The van der Waals surface area contributed by atoms with Gasteiger partial charge in [0.05, 0.1) is 0 Å². The minimum absolute atomic E-state index is 0.174. The third-order valence-corrected chi connectivity index (χ3v) is 4.04. The number of hydrazine groups is 2. The second-order valence-corrected chi connectivity index (χ2v) is 6.35. The van der Waals surface area contributed by atoms with Gasteiger partial charge in [-0.1, -0.05) is 48.5 Å². The fourth-order valence-electron chi connectivity index (χ4n) is 2.87. The van der Waals surface area contributed by atoms with Crippen LogP contribution in [0.5, 0.6) is 0 Å². The molecule has 0 atom stereocenters. The van der Waals surface area contributed by atoms with Crippen LogP contribution in [0.2, 0.25) is 0 Å². The standard InChI is InChI=1S/C18H18N6S2/c19-17(25)23-21-9-15-11-5-1-2-6-12(11)16(10-22-24-18(20)26)14-8-4-3-7-13(14)15/h1-10,21-22H,(H3,19,23,25)(H3,20,24,26). The van der Waals surface area contributed by atoms with E-state index in [2.05, 4.69) is 46.0 Å². The molecule has 0 saturated heterocycles. The van der Waals surface area contributed by atoms with E-state index in [1.54, 1.807) is 0 Å². The summed E-state index contributed by atoms with van der Waals surface area (Å²) in [6.07, 6.45) is 3.71. The van der Waals surface area contributed by atoms with Gasteiger partial charge in [-0.3, -0.25) is 10.9 Å². The van der Waals surface area contributed by atoms with Crippen LogP contribution < -0.4 is 43.6 Å². The molecule has 0 spiro atoms. The molecule has 0 aromatic heterocycles. The number of hydrogen-bond acceptors (Lipinski definition) is 4. The van der Waals surface area contributed by atoms with Crippen LogP contribution in [0.4, 0.5) is 0 Å². The molecular weight excluding hydrogens is 364 g/mol. The Morgan fingerprint density at radius 1 is 0.654 bits per heavy atom. The Balaban J connectivity index is 2.32. The van der Waals surface area contributed by atoms with Gasteiger partial charge in [0.25, 0.3) is 0 Å². The van der Waals surface area contributed by atoms with Crippen molar-refractivity contribution >= 4 is 68.6 Å². The fraction of sp³-hybridized carbons (Fsp3) is 0. The molecule has 26 heavy (non-hydrogen) atoms. The lowest BCUT2D eigenvalue weighted by atomic mass is 9.98. The summed E-state index contributed by atoms with van der Waals surface area (Å²) in [4.78, 5) is 0. The molecule has 3 aromatic carbocycles. The summed E-state index contributed by atoms with van der Waals surface area (Å²) in [5, 5.41) is 6.71. The summed E-state index contributed by atoms with van der Waals surface area (Å²) in [6, 6.07) is 16.3. The summed E-state index contributed by atoms with van der Waals surface area (Å²) in [6.45, 7) is 0. The zero-order valence-electron chi connectivity index (χ0n) is 13.7. The van der Waals surface area contributed by atoms with Crippen LogP contribution in [0.1, 0.15) is 0 Å². The van der Waals surface area contributed by atoms with E-state index in [1.165, 1.54) is 0 Å². The highest BCUT2D eigenvalue weighted by molar-refractivity contribution is 7.80. The van der Waals surface area contributed by atoms with E-state index >= 15 is 0 Å². The highest BCUT2D eigenvalue weighted by Crippen LogP contribution is 2.13. The number of hydrogen-bond donors (Lipinski definition) is 6. The van der Waals surface area contributed by atoms with E-state index in [0.29, 0.717) is 0 Å². The second kappa shape index (κ2) is 7.85. The summed E-state index contributed by atoms with van der Waals surface area (Å²) in [5.41, 5.74) is 22.3. The van der Waals surface area contributed by atoms with Crippen LogP contribution in [0.15, 0.2) is 48.5 Å². The molecule has 132 valence electrons. The number of thiocarbonyl (C=S) groups is 2. The summed E-state index contributed by atoms with van der Waals surface area (Å²) in [5.74, 6) is 0. The first-order valence-electron chi connectivity index (χ1n) is 7.79. The summed E-state index contributed by atoms with van der Waals surface area (Å²) in [7, 11) is 0. The van der Waals surface area contributed by atoms with Crippen molar-refractivity contribution in [3.63, 3.8) is 0 Å². The minimum Gasteiger partial charge on any atom is -0.375 e. The van der Waals surface area contributed by atoms with Gasteiger partial charge in [-0.25, -0.2) is 0 Å². The van der Waals surface area contributed by atoms with Crippen molar-refractivity contribution in [3.05, 3.63) is 59.0 Å². The van der Waals surface area contributed by atoms with Crippen LogP contribution in [-0.4, -0.2) is 10.2 Å². The number of nitrogens with two attached hydrogens (primary N) is 2. The Labute approximate surface area is 160 Å². The lowest BCUT2D eigenvalue weighted by Gasteiger charge is -2.10. The van der Waals surface area contributed by atoms with Crippen LogP contribution in [0, 0.1) is 0 Å². The lowest BCUT2D eigenvalue weighted by molar-refractivity contribution is 0.865. The number of benzene rings is 3. The molecule has 0 aliphatic rings. The van der Waals surface area contributed by atoms with Crippen molar-refractivity contribution in [2.24, 2.45) is 11.5 Å². The Bertz CT molecular complexity index is 959. The first-order chi connectivity index (χ1) is 12.6. The molecule has 0 amide bonds. The van der Waals surface area contributed by atoms with E-state index in [9.17, 15) is 0 Å². The van der Waals surface area contributed by atoms with E-state index < -0.39 is 0 Å². The van der Waals surface area contributed by atoms with Gasteiger partial charge in [0, 0.05) is 22.8 Å². The molecule has 8 N–H and O–H groups in total. The topological polar surface area (TPSA) is 100 Å². The second-order valence-electron chi connectivity index (χ2n) is 5.47. The highest BCUT2D eigenvalue weighted by atomic mass is 32.1. The summed E-state index contributed by atoms with van der Waals surface area (Å²) < 4.78 is 0. The van der Waals surface area contributed by atoms with Crippen LogP contribution in [0.3, 0.4) is 0 Å². The average Bonchev–Trinajstić information content (AvgIpc) is 2.62. The number of nitrogens with one attached hydrogen (secondary N) is 4. The molecular formula is C18H18N6S2. The molecule has 8 heteroatoms. The molecule has 0 fully saturated rings. The molecule has 0 heterocycles. The summed E-state index contributed by atoms with van der Waals surface area (Å²) >= 11 is 9.67. The molecule has 3 aromatic rings. The maximum Gasteiger partial charge on any atom is 0.182 e. The maximum atomic E-state index is 5.48. The molecule has 3 rings (SSSR count). The average molecular weight is 383 g/mol. The SMILES string of the molecule is NC(=S)NNC=c1c2ccccc2c(=CNNC(N)=S)c2ccccc12. The van der Waals surface area contributed by atoms with Gasteiger partial charge in [0.1, 0.15) is 0 Å². The van der Waals surface area contributed by atoms with Gasteiger partial charge in [-0.15, -0.1) is 0 Å². The Morgan fingerprint density at radius 3 is 1.23 bits per heavy atom. The molecule has 0 saturated carbocycles. The van der Waals surface area contributed by atoms with Crippen molar-refractivity contribution in [2.45, 2.75) is 0 Å². The van der Waals surface area contributed by atoms with Gasteiger partial charge in [0.15, 0.2) is 10.2 Å². The predicted octanol–water partition coefficient (Wildman–Crippen LogP) is 0.145. The van der Waals surface area contributed by atoms with E-state index in [1.807, 2.05) is 36.7 Å². The Kier molecular flexibility index (Phi) is 5.35. The minimum atomic E-state index is 0.174. The van der Waals surface area contributed by atoms with Crippen molar-refractivity contribution in [1.82, 2.24) is 21.7 Å². The molecule has 0 aliphatic carbocycles. The Morgan fingerprint density at radius 2 is 0.962 bits per heavy atom. The normalized spacial score (nSPS) is 10.2. The number of fused-ring (bicyclic) bond motifs is 2. The van der Waals surface area contributed by atoms with Crippen LogP contribution in [-0.2, 0) is 0 Å². The fourth-order valence-corrected chi connectivity index (χ4v) is 2.98. The quantitative estimate of drug-likeness (QED) is 0.215. The first kappa shape index (κ1) is 17.7. The molecule has 0 aliphatic heterocycles. The number of rotatable bonds is 4. The van der Waals surface area contributed by atoms with Gasteiger partial charge in [-0.05, 0) is 46.0 Å². The molecule has 0 bridgehead atoms. The zero-order valence-corrected chi connectivity index (χ0v) is 15.4. The predicted molar refractivity (Wildman–Crippen MR) is 116 cm³/mol.